The minimum Gasteiger partial charge on any atom is -0.481 e. The zero-order valence-corrected chi connectivity index (χ0v) is 10.9. The van der Waals surface area contributed by atoms with Crippen LogP contribution < -0.4 is 0 Å². The van der Waals surface area contributed by atoms with Gasteiger partial charge in [0.2, 0.25) is 0 Å². The predicted octanol–water partition coefficient (Wildman–Crippen LogP) is 1.79. The van der Waals surface area contributed by atoms with Crippen LogP contribution in [0.4, 0.5) is 0 Å². The predicted molar refractivity (Wildman–Crippen MR) is 64.0 cm³/mol. The van der Waals surface area contributed by atoms with Gasteiger partial charge in [0.05, 0.1) is 13.5 Å². The van der Waals surface area contributed by atoms with Crippen LogP contribution in [0.15, 0.2) is 0 Å². The monoisotopic (exact) mass is 256 g/mol. The maximum Gasteiger partial charge on any atom is 0.319 e. The molecule has 0 spiro atoms. The second-order valence-corrected chi connectivity index (χ2v) is 5.07. The maximum atomic E-state index is 12.2. The molecule has 0 amide bonds. The summed E-state index contributed by atoms with van der Waals surface area (Å²) >= 11 is 0. The van der Waals surface area contributed by atoms with Crippen molar-refractivity contribution in [1.82, 2.24) is 0 Å². The number of esters is 1. The van der Waals surface area contributed by atoms with E-state index >= 15 is 0 Å². The first-order valence-corrected chi connectivity index (χ1v) is 6.26. The Bertz CT molecular complexity index is 339. The molecule has 102 valence electrons. The number of aliphatic carboxylic acids is 1. The fourth-order valence-corrected chi connectivity index (χ4v) is 2.51. The third-order valence-corrected chi connectivity index (χ3v) is 3.80. The Labute approximate surface area is 107 Å². The fourth-order valence-electron chi connectivity index (χ4n) is 2.51. The first kappa shape index (κ1) is 14.7. The molecule has 0 unspecified atom stereocenters. The quantitative estimate of drug-likeness (QED) is 0.599. The number of carbonyl (C=O) groups is 3. The van der Waals surface area contributed by atoms with Crippen molar-refractivity contribution in [3.05, 3.63) is 0 Å². The first-order valence-electron chi connectivity index (χ1n) is 6.26. The van der Waals surface area contributed by atoms with Gasteiger partial charge in [-0.3, -0.25) is 14.4 Å². The number of ether oxygens (including phenoxy) is 1. The molecule has 5 heteroatoms. The molecular weight excluding hydrogens is 236 g/mol. The number of rotatable bonds is 5. The van der Waals surface area contributed by atoms with Crippen LogP contribution in [-0.2, 0) is 19.1 Å². The molecule has 0 atom stereocenters. The summed E-state index contributed by atoms with van der Waals surface area (Å²) in [4.78, 5) is 34.6. The normalized spacial score (nSPS) is 27.6. The van der Waals surface area contributed by atoms with Gasteiger partial charge in [0.1, 0.15) is 5.41 Å². The van der Waals surface area contributed by atoms with E-state index in [4.69, 9.17) is 9.84 Å². The van der Waals surface area contributed by atoms with Crippen LogP contribution in [0.3, 0.4) is 0 Å². The second-order valence-electron chi connectivity index (χ2n) is 5.07. The smallest absolute Gasteiger partial charge is 0.319 e. The molecule has 1 aliphatic carbocycles. The highest BCUT2D eigenvalue weighted by Gasteiger charge is 2.47. The van der Waals surface area contributed by atoms with E-state index in [9.17, 15) is 14.4 Å². The van der Waals surface area contributed by atoms with Gasteiger partial charge in [-0.2, -0.15) is 0 Å². The third kappa shape index (κ3) is 3.09. The van der Waals surface area contributed by atoms with Crippen molar-refractivity contribution < 1.29 is 24.2 Å². The molecule has 18 heavy (non-hydrogen) atoms. The fraction of sp³-hybridized carbons (Fsp3) is 0.769. The Hall–Kier alpha value is -1.39. The lowest BCUT2D eigenvalue weighted by atomic mass is 9.67. The molecule has 0 bridgehead atoms. The number of methoxy groups -OCH3 is 1. The first-order chi connectivity index (χ1) is 8.42. The highest BCUT2D eigenvalue weighted by atomic mass is 16.5. The molecule has 1 rings (SSSR count). The summed E-state index contributed by atoms with van der Waals surface area (Å²) in [5.74, 6) is -1.32. The summed E-state index contributed by atoms with van der Waals surface area (Å²) in [7, 11) is 1.27. The standard InChI is InChI=1S/C13H20O5/c1-9-5-7-13(8-6-9,12(17)18-2)10(14)3-4-11(15)16/h9H,3-8H2,1-2H3,(H,15,16). The van der Waals surface area contributed by atoms with Crippen molar-refractivity contribution in [1.29, 1.82) is 0 Å². The summed E-state index contributed by atoms with van der Waals surface area (Å²) in [5.41, 5.74) is -1.10. The topological polar surface area (TPSA) is 80.7 Å². The molecular formula is C13H20O5. The average molecular weight is 256 g/mol. The summed E-state index contributed by atoms with van der Waals surface area (Å²) in [5, 5.41) is 8.61. The van der Waals surface area contributed by atoms with E-state index in [0.29, 0.717) is 18.8 Å². The minimum atomic E-state index is -1.10. The zero-order chi connectivity index (χ0) is 13.8. The molecule has 0 aromatic carbocycles. The van der Waals surface area contributed by atoms with Crippen molar-refractivity contribution in [3.8, 4) is 0 Å². The van der Waals surface area contributed by atoms with E-state index in [0.717, 1.165) is 12.8 Å². The lowest BCUT2D eigenvalue weighted by molar-refractivity contribution is -0.161. The van der Waals surface area contributed by atoms with Crippen molar-refractivity contribution >= 4 is 17.7 Å². The number of hydrogen-bond acceptors (Lipinski definition) is 4. The molecule has 0 aromatic heterocycles. The van der Waals surface area contributed by atoms with E-state index in [1.165, 1.54) is 7.11 Å². The van der Waals surface area contributed by atoms with Gasteiger partial charge < -0.3 is 9.84 Å². The molecule has 0 saturated heterocycles. The van der Waals surface area contributed by atoms with Crippen LogP contribution >= 0.6 is 0 Å². The minimum absolute atomic E-state index is 0.0984. The van der Waals surface area contributed by atoms with Gasteiger partial charge in [-0.15, -0.1) is 0 Å². The van der Waals surface area contributed by atoms with E-state index in [1.807, 2.05) is 0 Å². The number of carboxylic acids is 1. The lowest BCUT2D eigenvalue weighted by Gasteiger charge is -2.35. The van der Waals surface area contributed by atoms with Crippen LogP contribution in [0.5, 0.6) is 0 Å². The van der Waals surface area contributed by atoms with Crippen LogP contribution in [0.2, 0.25) is 0 Å². The molecule has 0 aromatic rings. The number of ketones is 1. The molecule has 1 aliphatic rings. The lowest BCUT2D eigenvalue weighted by Crippen LogP contribution is -2.43. The molecule has 0 heterocycles. The van der Waals surface area contributed by atoms with Crippen LogP contribution in [0, 0.1) is 11.3 Å². The van der Waals surface area contributed by atoms with Gasteiger partial charge in [0, 0.05) is 6.42 Å². The number of carboxylic acid groups (broad SMARTS) is 1. The van der Waals surface area contributed by atoms with E-state index < -0.39 is 17.4 Å². The average Bonchev–Trinajstić information content (AvgIpc) is 2.36. The van der Waals surface area contributed by atoms with Crippen molar-refractivity contribution in [3.63, 3.8) is 0 Å². The highest BCUT2D eigenvalue weighted by molar-refractivity contribution is 6.04. The summed E-state index contributed by atoms with van der Waals surface area (Å²) in [6.07, 6.45) is 2.21. The largest absolute Gasteiger partial charge is 0.481 e. The number of hydrogen-bond donors (Lipinski definition) is 1. The summed E-state index contributed by atoms with van der Waals surface area (Å²) in [6.45, 7) is 2.09. The van der Waals surface area contributed by atoms with Gasteiger partial charge in [-0.1, -0.05) is 6.92 Å². The maximum absolute atomic E-state index is 12.2. The van der Waals surface area contributed by atoms with E-state index in [-0.39, 0.29) is 18.6 Å². The van der Waals surface area contributed by atoms with Crippen molar-refractivity contribution in [2.45, 2.75) is 45.4 Å². The molecule has 1 fully saturated rings. The van der Waals surface area contributed by atoms with Crippen LogP contribution in [0.1, 0.15) is 45.4 Å². The zero-order valence-electron chi connectivity index (χ0n) is 10.9. The van der Waals surface area contributed by atoms with E-state index in [2.05, 4.69) is 6.92 Å². The van der Waals surface area contributed by atoms with E-state index in [1.54, 1.807) is 0 Å². The Morgan fingerprint density at radius 3 is 2.22 bits per heavy atom. The Balaban J connectivity index is 2.81. The summed E-state index contributed by atoms with van der Waals surface area (Å²) < 4.78 is 4.75. The van der Waals surface area contributed by atoms with Gasteiger partial charge in [0.15, 0.2) is 5.78 Å². The number of carbonyl (C=O) groups excluding carboxylic acids is 2. The number of Topliss-reactive ketones (excluding diaryl/α,β-unsaturated/α-hetero) is 1. The van der Waals surface area contributed by atoms with Gasteiger partial charge in [0.25, 0.3) is 0 Å². The van der Waals surface area contributed by atoms with Crippen LogP contribution in [-0.4, -0.2) is 29.9 Å². The molecule has 0 radical (unpaired) electrons. The SMILES string of the molecule is COC(=O)C1(C(=O)CCC(=O)O)CCC(C)CC1. The second kappa shape index (κ2) is 5.98. The van der Waals surface area contributed by atoms with Crippen molar-refractivity contribution in [2.75, 3.05) is 7.11 Å². The Morgan fingerprint density at radius 2 is 1.78 bits per heavy atom. The third-order valence-electron chi connectivity index (χ3n) is 3.80. The molecule has 1 N–H and O–H groups in total. The van der Waals surface area contributed by atoms with Crippen LogP contribution in [0.25, 0.3) is 0 Å². The Morgan fingerprint density at radius 1 is 1.22 bits per heavy atom. The molecule has 1 saturated carbocycles. The van der Waals surface area contributed by atoms with Crippen molar-refractivity contribution in [2.24, 2.45) is 11.3 Å². The highest BCUT2D eigenvalue weighted by Crippen LogP contribution is 2.41. The summed E-state index contributed by atoms with van der Waals surface area (Å²) in [6, 6.07) is 0. The Kier molecular flexibility index (Phi) is 4.87. The van der Waals surface area contributed by atoms with Gasteiger partial charge in [-0.05, 0) is 31.6 Å². The van der Waals surface area contributed by atoms with Gasteiger partial charge in [-0.25, -0.2) is 0 Å². The molecule has 0 aliphatic heterocycles. The van der Waals surface area contributed by atoms with Gasteiger partial charge >= 0.3 is 11.9 Å². The molecule has 5 nitrogen and oxygen atoms in total.